The monoisotopic (exact) mass is 282 g/mol. The highest BCUT2D eigenvalue weighted by Crippen LogP contribution is 2.24. The molecule has 0 bridgehead atoms. The number of carbonyl (C=O) groups is 1. The van der Waals surface area contributed by atoms with Crippen molar-refractivity contribution in [3.63, 3.8) is 0 Å². The lowest BCUT2D eigenvalue weighted by Gasteiger charge is -2.39. The Morgan fingerprint density at radius 3 is 2.12 bits per heavy atom. The molecule has 1 fully saturated rings. The van der Waals surface area contributed by atoms with Crippen LogP contribution in [0.3, 0.4) is 0 Å². The normalized spacial score (nSPS) is 28.4. The third-order valence-electron chi connectivity index (χ3n) is 3.75. The minimum absolute atomic E-state index is 0. The molecule has 1 heterocycles. The summed E-state index contributed by atoms with van der Waals surface area (Å²) in [5.74, 6) is 0.570. The predicted molar refractivity (Wildman–Crippen MR) is 67.3 cm³/mol. The van der Waals surface area contributed by atoms with Crippen molar-refractivity contribution in [1.29, 1.82) is 0 Å². The molecule has 102 valence electrons. The number of alkyl halides is 1. The molecule has 0 aromatic rings. The van der Waals surface area contributed by atoms with Crippen molar-refractivity contribution >= 4 is 17.5 Å². The number of hydrogen-bond acceptors (Lipinski definition) is 1. The predicted octanol–water partition coefficient (Wildman–Crippen LogP) is -1.09. The van der Waals surface area contributed by atoms with E-state index in [9.17, 15) is 4.79 Å². The van der Waals surface area contributed by atoms with Gasteiger partial charge in [-0.2, -0.15) is 0 Å². The van der Waals surface area contributed by atoms with Gasteiger partial charge in [0.1, 0.15) is 0 Å². The Morgan fingerprint density at radius 2 is 1.76 bits per heavy atom. The summed E-state index contributed by atoms with van der Waals surface area (Å²) in [6.07, 6.45) is 1.97. The summed E-state index contributed by atoms with van der Waals surface area (Å²) >= 11 is 5.94. The number of rotatable bonds is 4. The summed E-state index contributed by atoms with van der Waals surface area (Å²) in [6.45, 7) is 7.80. The van der Waals surface area contributed by atoms with Crippen LogP contribution in [0.4, 0.5) is 0 Å². The highest BCUT2D eigenvalue weighted by atomic mass is 35.5. The highest BCUT2D eigenvalue weighted by Gasteiger charge is 2.33. The van der Waals surface area contributed by atoms with Crippen LogP contribution in [0.15, 0.2) is 0 Å². The number of hydrogen-bond donors (Lipinski definition) is 0. The summed E-state index contributed by atoms with van der Waals surface area (Å²) in [6, 6.07) is 0.659. The molecule has 1 aliphatic rings. The van der Waals surface area contributed by atoms with Crippen LogP contribution in [-0.2, 0) is 4.79 Å². The Kier molecular flexibility index (Phi) is 7.45. The van der Waals surface area contributed by atoms with Crippen LogP contribution in [0.25, 0.3) is 0 Å². The zero-order valence-electron chi connectivity index (χ0n) is 11.1. The van der Waals surface area contributed by atoms with Crippen molar-refractivity contribution in [3.8, 4) is 0 Å². The van der Waals surface area contributed by atoms with Crippen molar-refractivity contribution in [2.75, 3.05) is 39.2 Å². The molecule has 0 N–H and O–H groups in total. The van der Waals surface area contributed by atoms with Gasteiger partial charge in [0, 0.05) is 31.8 Å². The van der Waals surface area contributed by atoms with Gasteiger partial charge >= 0.3 is 0 Å². The Balaban J connectivity index is 0.00000256. The largest absolute Gasteiger partial charge is 1.00 e. The molecular weight excluding hydrogens is 259 g/mol. The number of halogens is 2. The van der Waals surface area contributed by atoms with Crippen LogP contribution in [0.1, 0.15) is 26.7 Å². The fourth-order valence-corrected chi connectivity index (χ4v) is 2.59. The quantitative estimate of drug-likeness (QED) is 0.365. The van der Waals surface area contributed by atoms with E-state index in [0.717, 1.165) is 43.5 Å². The first kappa shape index (κ1) is 17.0. The summed E-state index contributed by atoms with van der Waals surface area (Å²) in [5, 5.41) is 0. The zero-order chi connectivity index (χ0) is 12.2. The topological polar surface area (TPSA) is 20.3 Å². The smallest absolute Gasteiger partial charge is 0.226 e. The number of amides is 1. The van der Waals surface area contributed by atoms with E-state index in [4.69, 9.17) is 11.6 Å². The third kappa shape index (κ3) is 4.31. The zero-order valence-corrected chi connectivity index (χ0v) is 12.6. The van der Waals surface area contributed by atoms with E-state index < -0.39 is 0 Å². The van der Waals surface area contributed by atoms with Gasteiger partial charge in [-0.05, 0) is 13.8 Å². The maximum atomic E-state index is 12.1. The lowest BCUT2D eigenvalue weighted by Crippen LogP contribution is -3.00. The van der Waals surface area contributed by atoms with E-state index in [-0.39, 0.29) is 18.3 Å². The highest BCUT2D eigenvalue weighted by molar-refractivity contribution is 6.16. The van der Waals surface area contributed by atoms with Crippen molar-refractivity contribution in [2.45, 2.75) is 26.7 Å². The van der Waals surface area contributed by atoms with Gasteiger partial charge in [-0.15, -0.1) is 0 Å². The van der Waals surface area contributed by atoms with Crippen LogP contribution >= 0.6 is 11.6 Å². The van der Waals surface area contributed by atoms with Gasteiger partial charge in [-0.1, -0.05) is 11.6 Å². The van der Waals surface area contributed by atoms with Crippen LogP contribution in [0, 0.1) is 5.92 Å². The first-order chi connectivity index (χ1) is 7.56. The molecule has 0 radical (unpaired) electrons. The average Bonchev–Trinajstić information content (AvgIpc) is 2.31. The van der Waals surface area contributed by atoms with Gasteiger partial charge in [-0.25, -0.2) is 0 Å². The van der Waals surface area contributed by atoms with E-state index in [1.165, 1.54) is 0 Å². The second-order valence-electron chi connectivity index (χ2n) is 4.97. The Hall–Kier alpha value is 0.01000. The maximum Gasteiger partial charge on any atom is 0.226 e. The van der Waals surface area contributed by atoms with Crippen molar-refractivity contribution < 1.29 is 21.7 Å². The lowest BCUT2D eigenvalue weighted by atomic mass is 9.94. The van der Waals surface area contributed by atoms with Crippen molar-refractivity contribution in [3.05, 3.63) is 0 Å². The van der Waals surface area contributed by atoms with Crippen molar-refractivity contribution in [1.82, 2.24) is 4.90 Å². The SMILES string of the molecule is CCN(CC)C(=O)C1CC[N+](C)(CCl)CC1.[Cl-]. The molecule has 0 atom stereocenters. The molecule has 5 heteroatoms. The second-order valence-corrected chi connectivity index (χ2v) is 5.21. The number of likely N-dealkylation sites (tertiary alicyclic amines) is 1. The number of carbonyl (C=O) groups excluding carboxylic acids is 1. The summed E-state index contributed by atoms with van der Waals surface area (Å²) in [7, 11) is 2.17. The van der Waals surface area contributed by atoms with Crippen LogP contribution in [0.2, 0.25) is 0 Å². The molecule has 0 unspecified atom stereocenters. The van der Waals surface area contributed by atoms with E-state index >= 15 is 0 Å². The van der Waals surface area contributed by atoms with E-state index in [1.807, 2.05) is 18.7 Å². The fourth-order valence-electron chi connectivity index (χ4n) is 2.35. The van der Waals surface area contributed by atoms with E-state index in [0.29, 0.717) is 11.9 Å². The molecule has 17 heavy (non-hydrogen) atoms. The van der Waals surface area contributed by atoms with Gasteiger partial charge in [0.05, 0.1) is 20.1 Å². The summed E-state index contributed by atoms with van der Waals surface area (Å²) < 4.78 is 0.906. The Morgan fingerprint density at radius 1 is 1.29 bits per heavy atom. The Labute approximate surface area is 116 Å². The van der Waals surface area contributed by atoms with Gasteiger partial charge in [0.15, 0.2) is 6.00 Å². The lowest BCUT2D eigenvalue weighted by molar-refractivity contribution is -0.904. The first-order valence-corrected chi connectivity index (χ1v) is 6.78. The standard InChI is InChI=1S/C12H24ClN2O.ClH/c1-4-14(5-2)12(16)11-6-8-15(3,10-13)9-7-11;/h11H,4-10H2,1-3H3;1H/q+1;/p-1. The molecule has 0 aliphatic carbocycles. The number of quaternary nitrogens is 1. The fraction of sp³-hybridized carbons (Fsp3) is 0.917. The van der Waals surface area contributed by atoms with Gasteiger partial charge in [0.25, 0.3) is 0 Å². The molecule has 0 saturated carbocycles. The minimum Gasteiger partial charge on any atom is -1.00 e. The molecule has 1 amide bonds. The van der Waals surface area contributed by atoms with Crippen molar-refractivity contribution in [2.24, 2.45) is 5.92 Å². The third-order valence-corrected chi connectivity index (χ3v) is 4.32. The maximum absolute atomic E-state index is 12.1. The molecule has 0 spiro atoms. The van der Waals surface area contributed by atoms with Crippen LogP contribution < -0.4 is 12.4 Å². The number of piperidine rings is 1. The summed E-state index contributed by atoms with van der Waals surface area (Å²) in [5.41, 5.74) is 0. The number of nitrogens with zero attached hydrogens (tertiary/aromatic N) is 2. The molecule has 1 rings (SSSR count). The molecule has 3 nitrogen and oxygen atoms in total. The Bertz CT molecular complexity index is 237. The van der Waals surface area contributed by atoms with Crippen LogP contribution in [-0.4, -0.2) is 54.5 Å². The van der Waals surface area contributed by atoms with E-state index in [1.54, 1.807) is 0 Å². The first-order valence-electron chi connectivity index (χ1n) is 6.24. The van der Waals surface area contributed by atoms with Gasteiger partial charge < -0.3 is 21.8 Å². The minimum atomic E-state index is 0. The summed E-state index contributed by atoms with van der Waals surface area (Å²) in [4.78, 5) is 14.1. The van der Waals surface area contributed by atoms with Crippen LogP contribution in [0.5, 0.6) is 0 Å². The molecular formula is C12H24Cl2N2O. The second kappa shape index (κ2) is 7.45. The molecule has 1 aliphatic heterocycles. The van der Waals surface area contributed by atoms with E-state index in [2.05, 4.69) is 7.05 Å². The average molecular weight is 283 g/mol. The molecule has 0 aromatic heterocycles. The molecule has 1 saturated heterocycles. The molecule has 0 aromatic carbocycles. The van der Waals surface area contributed by atoms with Gasteiger partial charge in [0.2, 0.25) is 5.91 Å². The van der Waals surface area contributed by atoms with Gasteiger partial charge in [-0.3, -0.25) is 4.79 Å².